The molecule has 1 aliphatic rings. The molecule has 126 valence electrons. The van der Waals surface area contributed by atoms with E-state index in [-0.39, 0.29) is 12.1 Å². The van der Waals surface area contributed by atoms with Crippen molar-refractivity contribution in [3.05, 3.63) is 0 Å². The average molecular weight is 299 g/mol. The molecule has 21 heavy (non-hydrogen) atoms. The first kappa shape index (κ1) is 18.9. The van der Waals surface area contributed by atoms with E-state index < -0.39 is 0 Å². The van der Waals surface area contributed by atoms with E-state index in [1.807, 2.05) is 0 Å². The van der Waals surface area contributed by atoms with Crippen LogP contribution in [0.4, 0.5) is 0 Å². The highest BCUT2D eigenvalue weighted by atomic mass is 16.5. The van der Waals surface area contributed by atoms with Gasteiger partial charge in [-0.3, -0.25) is 0 Å². The van der Waals surface area contributed by atoms with Crippen LogP contribution in [0, 0.1) is 5.92 Å². The van der Waals surface area contributed by atoms with E-state index in [4.69, 9.17) is 15.2 Å². The maximum Gasteiger partial charge on any atom is 0.0727 e. The molecule has 0 spiro atoms. The van der Waals surface area contributed by atoms with E-state index in [1.165, 1.54) is 51.4 Å². The molecular formula is C18H37NO2. The molecule has 1 fully saturated rings. The van der Waals surface area contributed by atoms with Gasteiger partial charge in [0.15, 0.2) is 0 Å². The van der Waals surface area contributed by atoms with E-state index in [1.54, 1.807) is 0 Å². The standard InChI is InChI=1S/C18H37NO2/c1-16(2)15-20-13-14-21-18-12-10-8-6-4-3-5-7-9-11-17(18)19/h16-18H,3-15,19H2,1-2H3. The van der Waals surface area contributed by atoms with Crippen LogP contribution in [0.2, 0.25) is 0 Å². The molecule has 0 aromatic heterocycles. The van der Waals surface area contributed by atoms with Crippen molar-refractivity contribution in [2.45, 2.75) is 90.2 Å². The van der Waals surface area contributed by atoms with Crippen LogP contribution in [0.15, 0.2) is 0 Å². The molecule has 3 heteroatoms. The van der Waals surface area contributed by atoms with Crippen LogP contribution in [0.1, 0.15) is 78.1 Å². The van der Waals surface area contributed by atoms with Crippen LogP contribution in [-0.4, -0.2) is 32.0 Å². The average Bonchev–Trinajstić information content (AvgIpc) is 2.44. The molecule has 2 unspecified atom stereocenters. The van der Waals surface area contributed by atoms with Crippen LogP contribution in [-0.2, 0) is 9.47 Å². The van der Waals surface area contributed by atoms with E-state index in [2.05, 4.69) is 13.8 Å². The Morgan fingerprint density at radius 3 is 2.05 bits per heavy atom. The minimum Gasteiger partial charge on any atom is -0.379 e. The van der Waals surface area contributed by atoms with Crippen LogP contribution < -0.4 is 5.73 Å². The summed E-state index contributed by atoms with van der Waals surface area (Å²) >= 11 is 0. The fraction of sp³-hybridized carbons (Fsp3) is 1.00. The highest BCUT2D eigenvalue weighted by molar-refractivity contribution is 4.74. The first-order valence-electron chi connectivity index (χ1n) is 9.15. The highest BCUT2D eigenvalue weighted by Crippen LogP contribution is 2.18. The van der Waals surface area contributed by atoms with E-state index in [0.717, 1.165) is 19.4 Å². The SMILES string of the molecule is CC(C)COCCOC1CCCCCCCCCCC1N. The van der Waals surface area contributed by atoms with Gasteiger partial charge in [0, 0.05) is 12.6 Å². The summed E-state index contributed by atoms with van der Waals surface area (Å²) < 4.78 is 11.6. The molecule has 0 aromatic rings. The Morgan fingerprint density at radius 1 is 0.857 bits per heavy atom. The Morgan fingerprint density at radius 2 is 1.43 bits per heavy atom. The smallest absolute Gasteiger partial charge is 0.0727 e. The highest BCUT2D eigenvalue weighted by Gasteiger charge is 2.18. The lowest BCUT2D eigenvalue weighted by atomic mass is 9.96. The van der Waals surface area contributed by atoms with Crippen molar-refractivity contribution in [1.82, 2.24) is 0 Å². The molecule has 1 rings (SSSR count). The second kappa shape index (κ2) is 12.4. The van der Waals surface area contributed by atoms with Gasteiger partial charge in [-0.1, -0.05) is 65.2 Å². The number of rotatable bonds is 6. The van der Waals surface area contributed by atoms with Gasteiger partial charge in [-0.15, -0.1) is 0 Å². The van der Waals surface area contributed by atoms with Crippen molar-refractivity contribution in [2.75, 3.05) is 19.8 Å². The van der Waals surface area contributed by atoms with Gasteiger partial charge in [-0.25, -0.2) is 0 Å². The van der Waals surface area contributed by atoms with Crippen molar-refractivity contribution in [3.8, 4) is 0 Å². The summed E-state index contributed by atoms with van der Waals surface area (Å²) in [5.41, 5.74) is 6.36. The number of hydrogen-bond donors (Lipinski definition) is 1. The molecule has 2 atom stereocenters. The van der Waals surface area contributed by atoms with Crippen molar-refractivity contribution >= 4 is 0 Å². The molecule has 0 bridgehead atoms. The summed E-state index contributed by atoms with van der Waals surface area (Å²) in [5, 5.41) is 0. The lowest BCUT2D eigenvalue weighted by Gasteiger charge is -2.25. The third-order valence-corrected chi connectivity index (χ3v) is 4.26. The molecule has 0 heterocycles. The monoisotopic (exact) mass is 299 g/mol. The predicted molar refractivity (Wildman–Crippen MR) is 89.5 cm³/mol. The fourth-order valence-corrected chi connectivity index (χ4v) is 2.97. The quantitative estimate of drug-likeness (QED) is 0.744. The van der Waals surface area contributed by atoms with Crippen LogP contribution >= 0.6 is 0 Å². The summed E-state index contributed by atoms with van der Waals surface area (Å²) in [6.07, 6.45) is 13.2. The Kier molecular flexibility index (Phi) is 11.2. The number of nitrogens with two attached hydrogens (primary N) is 1. The van der Waals surface area contributed by atoms with Gasteiger partial charge in [-0.2, -0.15) is 0 Å². The second-order valence-corrected chi connectivity index (χ2v) is 6.95. The first-order chi connectivity index (χ1) is 10.2. The summed E-state index contributed by atoms with van der Waals surface area (Å²) in [7, 11) is 0. The molecule has 1 aliphatic carbocycles. The number of hydrogen-bond acceptors (Lipinski definition) is 3. The van der Waals surface area contributed by atoms with E-state index in [0.29, 0.717) is 19.1 Å². The Balaban J connectivity index is 2.24. The first-order valence-corrected chi connectivity index (χ1v) is 9.15. The molecule has 0 aliphatic heterocycles. The van der Waals surface area contributed by atoms with Crippen molar-refractivity contribution in [1.29, 1.82) is 0 Å². The third kappa shape index (κ3) is 10.3. The predicted octanol–water partition coefficient (Wildman–Crippen LogP) is 4.29. The van der Waals surface area contributed by atoms with Gasteiger partial charge >= 0.3 is 0 Å². The van der Waals surface area contributed by atoms with Crippen LogP contribution in [0.3, 0.4) is 0 Å². The van der Waals surface area contributed by atoms with Gasteiger partial charge in [0.1, 0.15) is 0 Å². The Bertz CT molecular complexity index is 233. The van der Waals surface area contributed by atoms with Crippen molar-refractivity contribution in [3.63, 3.8) is 0 Å². The molecule has 2 N–H and O–H groups in total. The second-order valence-electron chi connectivity index (χ2n) is 6.95. The van der Waals surface area contributed by atoms with Gasteiger partial charge in [0.05, 0.1) is 19.3 Å². The molecule has 0 radical (unpaired) electrons. The molecule has 0 amide bonds. The Hall–Kier alpha value is -0.120. The normalized spacial score (nSPS) is 26.3. The lowest BCUT2D eigenvalue weighted by molar-refractivity contribution is -0.0161. The van der Waals surface area contributed by atoms with Crippen LogP contribution in [0.25, 0.3) is 0 Å². The summed E-state index contributed by atoms with van der Waals surface area (Å²) in [5.74, 6) is 0.591. The van der Waals surface area contributed by atoms with Crippen molar-refractivity contribution < 1.29 is 9.47 Å². The minimum atomic E-state index is 0.203. The van der Waals surface area contributed by atoms with Gasteiger partial charge in [0.25, 0.3) is 0 Å². The van der Waals surface area contributed by atoms with E-state index in [9.17, 15) is 0 Å². The van der Waals surface area contributed by atoms with Crippen LogP contribution in [0.5, 0.6) is 0 Å². The van der Waals surface area contributed by atoms with E-state index >= 15 is 0 Å². The van der Waals surface area contributed by atoms with Gasteiger partial charge in [0.2, 0.25) is 0 Å². The Labute approximate surface area is 132 Å². The van der Waals surface area contributed by atoms with Gasteiger partial charge in [-0.05, 0) is 18.8 Å². The zero-order valence-corrected chi connectivity index (χ0v) is 14.3. The molecule has 0 saturated heterocycles. The lowest BCUT2D eigenvalue weighted by Crippen LogP contribution is -2.37. The van der Waals surface area contributed by atoms with Crippen molar-refractivity contribution in [2.24, 2.45) is 11.7 Å². The van der Waals surface area contributed by atoms with Gasteiger partial charge < -0.3 is 15.2 Å². The molecule has 0 aromatic carbocycles. The number of ether oxygens (including phenoxy) is 2. The molecule has 1 saturated carbocycles. The fourth-order valence-electron chi connectivity index (χ4n) is 2.97. The zero-order valence-electron chi connectivity index (χ0n) is 14.3. The minimum absolute atomic E-state index is 0.203. The maximum atomic E-state index is 6.36. The third-order valence-electron chi connectivity index (χ3n) is 4.26. The topological polar surface area (TPSA) is 44.5 Å². The molecular weight excluding hydrogens is 262 g/mol. The zero-order chi connectivity index (χ0) is 15.3. The molecule has 3 nitrogen and oxygen atoms in total. The summed E-state index contributed by atoms with van der Waals surface area (Å²) in [4.78, 5) is 0. The largest absolute Gasteiger partial charge is 0.379 e. The summed E-state index contributed by atoms with van der Waals surface area (Å²) in [6.45, 7) is 6.54. The maximum absolute atomic E-state index is 6.36. The summed E-state index contributed by atoms with van der Waals surface area (Å²) in [6, 6.07) is 0.203.